The van der Waals surface area contributed by atoms with E-state index in [0.717, 1.165) is 25.7 Å². The van der Waals surface area contributed by atoms with Crippen molar-refractivity contribution in [2.75, 3.05) is 5.75 Å². The van der Waals surface area contributed by atoms with Crippen molar-refractivity contribution in [1.29, 1.82) is 0 Å². The Morgan fingerprint density at radius 3 is 2.62 bits per heavy atom. The summed E-state index contributed by atoms with van der Waals surface area (Å²) in [6.07, 6.45) is 4.21. The molecule has 0 N–H and O–H groups in total. The summed E-state index contributed by atoms with van der Waals surface area (Å²) in [5.41, 5.74) is -0.155. The Morgan fingerprint density at radius 2 is 2.05 bits per heavy atom. The van der Waals surface area contributed by atoms with Crippen LogP contribution in [0.2, 0.25) is 0 Å². The number of rotatable bonds is 3. The summed E-state index contributed by atoms with van der Waals surface area (Å²) in [7, 11) is -3.43. The van der Waals surface area contributed by atoms with Gasteiger partial charge in [-0.2, -0.15) is 0 Å². The van der Waals surface area contributed by atoms with E-state index in [4.69, 9.17) is 0 Å². The molecule has 3 aliphatic rings. The summed E-state index contributed by atoms with van der Waals surface area (Å²) >= 11 is 0. The Hall–Kier alpha value is -0.580. The molecule has 1 heterocycles. The predicted octanol–water partition coefficient (Wildman–Crippen LogP) is 2.79. The van der Waals surface area contributed by atoms with Crippen molar-refractivity contribution in [1.82, 2.24) is 4.31 Å². The van der Waals surface area contributed by atoms with Crippen molar-refractivity contribution in [3.05, 3.63) is 0 Å². The molecule has 1 saturated heterocycles. The summed E-state index contributed by atoms with van der Waals surface area (Å²) in [4.78, 5) is 12.6. The van der Waals surface area contributed by atoms with Crippen LogP contribution in [0.1, 0.15) is 59.8 Å². The Bertz CT molecular complexity index is 568. The highest BCUT2D eigenvalue weighted by Crippen LogP contribution is 2.70. The number of hydrogen-bond donors (Lipinski definition) is 0. The fraction of sp³-hybridized carbons (Fsp3) is 0.938. The van der Waals surface area contributed by atoms with Crippen LogP contribution in [-0.4, -0.2) is 30.4 Å². The Balaban J connectivity index is 1.95. The van der Waals surface area contributed by atoms with Crippen molar-refractivity contribution in [2.45, 2.75) is 65.8 Å². The van der Waals surface area contributed by atoms with E-state index in [0.29, 0.717) is 12.3 Å². The van der Waals surface area contributed by atoms with E-state index in [1.165, 1.54) is 4.31 Å². The lowest BCUT2D eigenvalue weighted by atomic mass is 9.69. The molecule has 0 radical (unpaired) electrons. The smallest absolute Gasteiger partial charge is 0.238 e. The van der Waals surface area contributed by atoms with E-state index in [-0.39, 0.29) is 34.4 Å². The van der Waals surface area contributed by atoms with Gasteiger partial charge in [0.2, 0.25) is 15.9 Å². The Labute approximate surface area is 128 Å². The van der Waals surface area contributed by atoms with Crippen molar-refractivity contribution in [2.24, 2.45) is 22.7 Å². The number of carbonyl (C=O) groups excluding carboxylic acids is 1. The molecule has 1 spiro atoms. The lowest BCUT2D eigenvalue weighted by molar-refractivity contribution is -0.129. The van der Waals surface area contributed by atoms with E-state index in [1.807, 2.05) is 13.8 Å². The fourth-order valence-corrected chi connectivity index (χ4v) is 7.71. The highest BCUT2D eigenvalue weighted by molar-refractivity contribution is 7.90. The minimum absolute atomic E-state index is 0.0378. The summed E-state index contributed by atoms with van der Waals surface area (Å²) in [6.45, 7) is 8.48. The molecule has 2 bridgehead atoms. The summed E-state index contributed by atoms with van der Waals surface area (Å²) in [5, 5.41) is 0. The molecule has 120 valence electrons. The molecule has 0 aromatic carbocycles. The van der Waals surface area contributed by atoms with E-state index < -0.39 is 10.0 Å². The van der Waals surface area contributed by atoms with Crippen LogP contribution in [0.25, 0.3) is 0 Å². The number of carbonyl (C=O) groups is 1. The van der Waals surface area contributed by atoms with E-state index in [1.54, 1.807) is 0 Å². The van der Waals surface area contributed by atoms with Gasteiger partial charge in [0.05, 0.1) is 11.8 Å². The Kier molecular flexibility index (Phi) is 3.26. The van der Waals surface area contributed by atoms with Crippen LogP contribution in [-0.2, 0) is 14.8 Å². The van der Waals surface area contributed by atoms with Gasteiger partial charge in [-0.25, -0.2) is 12.7 Å². The predicted molar refractivity (Wildman–Crippen MR) is 82.0 cm³/mol. The lowest BCUT2D eigenvalue weighted by Gasteiger charge is -2.37. The third-order valence-electron chi connectivity index (χ3n) is 6.88. The monoisotopic (exact) mass is 313 g/mol. The van der Waals surface area contributed by atoms with Gasteiger partial charge in [-0.1, -0.05) is 34.1 Å². The SMILES string of the molecule is CC[C@@H](C)CC(=O)N1[C@@H]2C[C@H]3CC[C@]2(CS1(=O)=O)C3(C)C. The molecule has 5 heteroatoms. The zero-order chi connectivity index (χ0) is 15.6. The molecule has 2 saturated carbocycles. The number of fused-ring (bicyclic) bond motifs is 1. The molecule has 1 amide bonds. The fourth-order valence-electron chi connectivity index (χ4n) is 5.15. The summed E-state index contributed by atoms with van der Waals surface area (Å²) in [5.74, 6) is 0.822. The second kappa shape index (κ2) is 4.46. The maximum atomic E-state index is 12.7. The largest absolute Gasteiger partial charge is 0.274 e. The molecule has 0 aromatic rings. The zero-order valence-corrected chi connectivity index (χ0v) is 14.4. The van der Waals surface area contributed by atoms with Gasteiger partial charge >= 0.3 is 0 Å². The van der Waals surface area contributed by atoms with Gasteiger partial charge < -0.3 is 0 Å². The van der Waals surface area contributed by atoms with Crippen LogP contribution in [0.4, 0.5) is 0 Å². The molecule has 4 nitrogen and oxygen atoms in total. The first-order valence-electron chi connectivity index (χ1n) is 8.20. The number of sulfonamides is 1. The minimum atomic E-state index is -3.43. The molecular formula is C16H27NO3S. The molecule has 21 heavy (non-hydrogen) atoms. The molecule has 3 fully saturated rings. The van der Waals surface area contributed by atoms with Crippen molar-refractivity contribution in [3.63, 3.8) is 0 Å². The van der Waals surface area contributed by atoms with Gasteiger partial charge in [0.25, 0.3) is 0 Å². The van der Waals surface area contributed by atoms with Crippen molar-refractivity contribution < 1.29 is 13.2 Å². The van der Waals surface area contributed by atoms with E-state index in [2.05, 4.69) is 13.8 Å². The van der Waals surface area contributed by atoms with Crippen LogP contribution < -0.4 is 0 Å². The van der Waals surface area contributed by atoms with Crippen LogP contribution in [0, 0.1) is 22.7 Å². The first-order valence-corrected chi connectivity index (χ1v) is 9.81. The summed E-state index contributed by atoms with van der Waals surface area (Å²) in [6, 6.07) is -0.0761. The number of hydrogen-bond acceptors (Lipinski definition) is 3. The van der Waals surface area contributed by atoms with Crippen molar-refractivity contribution >= 4 is 15.9 Å². The molecule has 0 unspecified atom stereocenters. The maximum Gasteiger partial charge on any atom is 0.238 e. The van der Waals surface area contributed by atoms with E-state index in [9.17, 15) is 13.2 Å². The number of amides is 1. The molecule has 1 aliphatic heterocycles. The highest BCUT2D eigenvalue weighted by Gasteiger charge is 2.72. The van der Waals surface area contributed by atoms with Gasteiger partial charge in [0, 0.05) is 11.8 Å². The van der Waals surface area contributed by atoms with Crippen LogP contribution >= 0.6 is 0 Å². The third-order valence-corrected chi connectivity index (χ3v) is 8.81. The second-order valence-electron chi connectivity index (χ2n) is 8.03. The molecule has 3 rings (SSSR count). The topological polar surface area (TPSA) is 54.5 Å². The second-order valence-corrected chi connectivity index (χ2v) is 9.87. The van der Waals surface area contributed by atoms with Gasteiger partial charge in [-0.3, -0.25) is 4.79 Å². The molecule has 2 aliphatic carbocycles. The minimum Gasteiger partial charge on any atom is -0.274 e. The van der Waals surface area contributed by atoms with Crippen molar-refractivity contribution in [3.8, 4) is 0 Å². The molecule has 0 aromatic heterocycles. The maximum absolute atomic E-state index is 12.7. The van der Waals surface area contributed by atoms with Crippen LogP contribution in [0.5, 0.6) is 0 Å². The van der Waals surface area contributed by atoms with Gasteiger partial charge in [-0.05, 0) is 36.5 Å². The number of nitrogens with zero attached hydrogens (tertiary/aromatic N) is 1. The van der Waals surface area contributed by atoms with Gasteiger partial charge in [0.1, 0.15) is 0 Å². The summed E-state index contributed by atoms with van der Waals surface area (Å²) < 4.78 is 26.6. The van der Waals surface area contributed by atoms with Crippen LogP contribution in [0.15, 0.2) is 0 Å². The van der Waals surface area contributed by atoms with Gasteiger partial charge in [0.15, 0.2) is 0 Å². The normalized spacial score (nSPS) is 40.3. The first-order chi connectivity index (χ1) is 9.65. The quantitative estimate of drug-likeness (QED) is 0.805. The molecule has 4 atom stereocenters. The first kappa shape index (κ1) is 15.3. The highest BCUT2D eigenvalue weighted by atomic mass is 32.2. The van der Waals surface area contributed by atoms with E-state index >= 15 is 0 Å². The Morgan fingerprint density at radius 1 is 1.38 bits per heavy atom. The average molecular weight is 313 g/mol. The van der Waals surface area contributed by atoms with Crippen LogP contribution in [0.3, 0.4) is 0 Å². The standard InChI is InChI=1S/C16H27NO3S/c1-5-11(2)8-14(18)17-13-9-12-6-7-16(13,15(12,3)4)10-21(17,19)20/h11-13H,5-10H2,1-4H3/t11-,12-,13-,16-/m1/s1. The lowest BCUT2D eigenvalue weighted by Crippen LogP contribution is -2.44. The zero-order valence-electron chi connectivity index (χ0n) is 13.6. The average Bonchev–Trinajstić information content (AvgIpc) is 2.84. The third kappa shape index (κ3) is 1.85. The molecular weight excluding hydrogens is 286 g/mol. The van der Waals surface area contributed by atoms with Gasteiger partial charge in [-0.15, -0.1) is 0 Å².